The van der Waals surface area contributed by atoms with Crippen molar-refractivity contribution in [3.63, 3.8) is 0 Å². The van der Waals surface area contributed by atoms with Gasteiger partial charge in [0.1, 0.15) is 0 Å². The van der Waals surface area contributed by atoms with Crippen molar-refractivity contribution in [2.45, 2.75) is 4.90 Å². The Labute approximate surface area is 130 Å². The lowest BCUT2D eigenvalue weighted by Crippen LogP contribution is -2.25. The molecule has 1 amide bonds. The number of hydrogen-bond donors (Lipinski definition) is 1. The van der Waals surface area contributed by atoms with E-state index < -0.39 is 0 Å². The molecule has 1 N–H and O–H groups in total. The molecule has 0 bridgehead atoms. The molecule has 0 aliphatic carbocycles. The minimum absolute atomic E-state index is 0.0195. The number of nitrogens with one attached hydrogen (secondary N) is 1. The summed E-state index contributed by atoms with van der Waals surface area (Å²) in [5, 5.41) is 2.94. The highest BCUT2D eigenvalue weighted by Crippen LogP contribution is 2.16. The van der Waals surface area contributed by atoms with Crippen molar-refractivity contribution in [3.8, 4) is 0 Å². The molecule has 0 saturated carbocycles. The van der Waals surface area contributed by atoms with Crippen molar-refractivity contribution < 1.29 is 4.79 Å². The summed E-state index contributed by atoms with van der Waals surface area (Å²) in [5.41, 5.74) is 1.79. The van der Waals surface area contributed by atoms with Gasteiger partial charge in [-0.3, -0.25) is 4.79 Å². The zero-order valence-electron chi connectivity index (χ0n) is 12.4. The number of amides is 1. The molecule has 0 unspecified atom stereocenters. The molecule has 0 radical (unpaired) electrons. The Morgan fingerprint density at radius 2 is 1.71 bits per heavy atom. The first-order valence-electron chi connectivity index (χ1n) is 6.90. The first-order valence-corrected chi connectivity index (χ1v) is 7.89. The average molecular weight is 300 g/mol. The van der Waals surface area contributed by atoms with Crippen LogP contribution in [-0.4, -0.2) is 32.3 Å². The minimum Gasteiger partial charge on any atom is -0.378 e. The van der Waals surface area contributed by atoms with Gasteiger partial charge in [-0.2, -0.15) is 0 Å². The quantitative estimate of drug-likeness (QED) is 0.656. The fourth-order valence-electron chi connectivity index (χ4n) is 1.86. The Balaban J connectivity index is 1.76. The van der Waals surface area contributed by atoms with Crippen molar-refractivity contribution in [3.05, 3.63) is 60.2 Å². The van der Waals surface area contributed by atoms with Crippen LogP contribution < -0.4 is 10.2 Å². The second kappa shape index (κ2) is 7.74. The highest BCUT2D eigenvalue weighted by molar-refractivity contribution is 7.99. The van der Waals surface area contributed by atoms with Crippen LogP contribution in [0.5, 0.6) is 0 Å². The molecule has 110 valence electrons. The molecule has 3 nitrogen and oxygen atoms in total. The van der Waals surface area contributed by atoms with E-state index in [0.717, 1.165) is 11.4 Å². The molecule has 21 heavy (non-hydrogen) atoms. The lowest BCUT2D eigenvalue weighted by atomic mass is 10.2. The molecule has 0 heterocycles. The van der Waals surface area contributed by atoms with Crippen molar-refractivity contribution in [1.82, 2.24) is 5.32 Å². The zero-order valence-corrected chi connectivity index (χ0v) is 13.2. The van der Waals surface area contributed by atoms with Crippen LogP contribution in [0.2, 0.25) is 0 Å². The van der Waals surface area contributed by atoms with E-state index in [0.29, 0.717) is 12.1 Å². The second-order valence-corrected chi connectivity index (χ2v) is 6.03. The summed E-state index contributed by atoms with van der Waals surface area (Å²) in [6.45, 7) is 0.661. The second-order valence-electron chi connectivity index (χ2n) is 4.86. The normalized spacial score (nSPS) is 10.2. The standard InChI is InChI=1S/C17H20N2OS/c1-19(2)15-10-8-14(9-11-15)17(20)18-12-13-21-16-6-4-3-5-7-16/h3-11H,12-13H2,1-2H3,(H,18,20). The number of hydrogen-bond acceptors (Lipinski definition) is 3. The third-order valence-corrected chi connectivity index (χ3v) is 4.06. The molecule has 0 saturated heterocycles. The van der Waals surface area contributed by atoms with Gasteiger partial charge in [0.25, 0.3) is 5.91 Å². The van der Waals surface area contributed by atoms with Gasteiger partial charge in [-0.1, -0.05) is 18.2 Å². The van der Waals surface area contributed by atoms with Gasteiger partial charge in [0, 0.05) is 42.5 Å². The van der Waals surface area contributed by atoms with Crippen LogP contribution in [0.25, 0.3) is 0 Å². The van der Waals surface area contributed by atoms with Gasteiger partial charge in [-0.15, -0.1) is 11.8 Å². The lowest BCUT2D eigenvalue weighted by molar-refractivity contribution is 0.0956. The van der Waals surface area contributed by atoms with E-state index >= 15 is 0 Å². The van der Waals surface area contributed by atoms with Gasteiger partial charge in [0.15, 0.2) is 0 Å². The summed E-state index contributed by atoms with van der Waals surface area (Å²) in [7, 11) is 3.96. The van der Waals surface area contributed by atoms with Gasteiger partial charge in [-0.05, 0) is 36.4 Å². The molecule has 0 spiro atoms. The van der Waals surface area contributed by atoms with Gasteiger partial charge in [0.05, 0.1) is 0 Å². The largest absolute Gasteiger partial charge is 0.378 e. The third-order valence-electron chi connectivity index (χ3n) is 3.05. The number of rotatable bonds is 6. The molecule has 4 heteroatoms. The fourth-order valence-corrected chi connectivity index (χ4v) is 2.65. The first kappa shape index (κ1) is 15.4. The van der Waals surface area contributed by atoms with E-state index in [4.69, 9.17) is 0 Å². The maximum absolute atomic E-state index is 12.0. The smallest absolute Gasteiger partial charge is 0.251 e. The SMILES string of the molecule is CN(C)c1ccc(C(=O)NCCSc2ccccc2)cc1. The van der Waals surface area contributed by atoms with E-state index in [1.807, 2.05) is 61.5 Å². The highest BCUT2D eigenvalue weighted by atomic mass is 32.2. The van der Waals surface area contributed by atoms with Crippen molar-refractivity contribution in [2.75, 3.05) is 31.3 Å². The number of benzene rings is 2. The molecular weight excluding hydrogens is 280 g/mol. The lowest BCUT2D eigenvalue weighted by Gasteiger charge is -2.12. The summed E-state index contributed by atoms with van der Waals surface area (Å²) in [4.78, 5) is 15.2. The summed E-state index contributed by atoms with van der Waals surface area (Å²) in [5.74, 6) is 0.847. The molecule has 0 fully saturated rings. The number of thioether (sulfide) groups is 1. The average Bonchev–Trinajstić information content (AvgIpc) is 2.52. The summed E-state index contributed by atoms with van der Waals surface area (Å²) < 4.78 is 0. The highest BCUT2D eigenvalue weighted by Gasteiger charge is 2.05. The Hall–Kier alpha value is -1.94. The Kier molecular flexibility index (Phi) is 5.69. The first-order chi connectivity index (χ1) is 10.2. The van der Waals surface area contributed by atoms with Crippen LogP contribution >= 0.6 is 11.8 Å². The number of anilines is 1. The molecule has 0 aromatic heterocycles. The van der Waals surface area contributed by atoms with Crippen molar-refractivity contribution in [2.24, 2.45) is 0 Å². The summed E-state index contributed by atoms with van der Waals surface area (Å²) in [6, 6.07) is 17.8. The molecule has 2 rings (SSSR count). The number of nitrogens with zero attached hydrogens (tertiary/aromatic N) is 1. The Morgan fingerprint density at radius 1 is 1.05 bits per heavy atom. The third kappa shape index (κ3) is 4.83. The summed E-state index contributed by atoms with van der Waals surface area (Å²) >= 11 is 1.74. The van der Waals surface area contributed by atoms with E-state index in [1.165, 1.54) is 4.90 Å². The molecule has 2 aromatic rings. The van der Waals surface area contributed by atoms with Gasteiger partial charge in [0.2, 0.25) is 0 Å². The van der Waals surface area contributed by atoms with Crippen LogP contribution in [0, 0.1) is 0 Å². The Morgan fingerprint density at radius 3 is 2.33 bits per heavy atom. The van der Waals surface area contributed by atoms with Crippen molar-refractivity contribution >= 4 is 23.4 Å². The van der Waals surface area contributed by atoms with Gasteiger partial charge >= 0.3 is 0 Å². The topological polar surface area (TPSA) is 32.3 Å². The monoisotopic (exact) mass is 300 g/mol. The maximum atomic E-state index is 12.0. The van der Waals surface area contributed by atoms with Gasteiger partial charge < -0.3 is 10.2 Å². The van der Waals surface area contributed by atoms with Crippen LogP contribution in [0.4, 0.5) is 5.69 Å². The van der Waals surface area contributed by atoms with E-state index in [9.17, 15) is 4.79 Å². The van der Waals surface area contributed by atoms with Crippen LogP contribution in [-0.2, 0) is 0 Å². The van der Waals surface area contributed by atoms with E-state index in [-0.39, 0.29) is 5.91 Å². The van der Waals surface area contributed by atoms with Crippen LogP contribution in [0.15, 0.2) is 59.5 Å². The minimum atomic E-state index is -0.0195. The molecule has 0 atom stereocenters. The van der Waals surface area contributed by atoms with Gasteiger partial charge in [-0.25, -0.2) is 0 Å². The fraction of sp³-hybridized carbons (Fsp3) is 0.235. The predicted molar refractivity (Wildman–Crippen MR) is 90.3 cm³/mol. The van der Waals surface area contributed by atoms with E-state index in [1.54, 1.807) is 11.8 Å². The summed E-state index contributed by atoms with van der Waals surface area (Å²) in [6.07, 6.45) is 0. The molecule has 0 aliphatic rings. The van der Waals surface area contributed by atoms with Crippen molar-refractivity contribution in [1.29, 1.82) is 0 Å². The molecule has 0 aliphatic heterocycles. The van der Waals surface area contributed by atoms with Crippen LogP contribution in [0.3, 0.4) is 0 Å². The Bertz CT molecular complexity index is 567. The zero-order chi connectivity index (χ0) is 15.1. The molecule has 2 aromatic carbocycles. The number of carbonyl (C=O) groups is 1. The van der Waals surface area contributed by atoms with E-state index in [2.05, 4.69) is 17.4 Å². The predicted octanol–water partition coefficient (Wildman–Crippen LogP) is 3.27. The molecular formula is C17H20N2OS. The number of carbonyl (C=O) groups excluding carboxylic acids is 1. The van der Waals surface area contributed by atoms with Crippen LogP contribution in [0.1, 0.15) is 10.4 Å². The maximum Gasteiger partial charge on any atom is 0.251 e.